The Kier molecular flexibility index (Phi) is 7.47. The summed E-state index contributed by atoms with van der Waals surface area (Å²) in [5.41, 5.74) is 4.31. The van der Waals surface area contributed by atoms with Gasteiger partial charge in [-0.15, -0.1) is 12.3 Å². The normalized spacial score (nSPS) is 13.8. The summed E-state index contributed by atoms with van der Waals surface area (Å²) in [7, 11) is 1.32. The number of carboxylic acid groups (broad SMARTS) is 1. The van der Waals surface area contributed by atoms with Gasteiger partial charge in [-0.05, 0) is 22.3 Å². The van der Waals surface area contributed by atoms with E-state index < -0.39 is 30.1 Å². The van der Waals surface area contributed by atoms with E-state index in [9.17, 15) is 14.4 Å². The monoisotopic (exact) mass is 436 g/mol. The van der Waals surface area contributed by atoms with Crippen molar-refractivity contribution in [3.63, 3.8) is 0 Å². The molecular weight excluding hydrogens is 412 g/mol. The van der Waals surface area contributed by atoms with Crippen LogP contribution in [0.5, 0.6) is 0 Å². The minimum Gasteiger partial charge on any atom is -0.480 e. The lowest BCUT2D eigenvalue weighted by molar-refractivity contribution is -0.143. The van der Waals surface area contributed by atoms with Crippen molar-refractivity contribution in [3.05, 3.63) is 59.7 Å². The highest BCUT2D eigenvalue weighted by atomic mass is 16.5. The van der Waals surface area contributed by atoms with E-state index in [1.54, 1.807) is 0 Å². The Morgan fingerprint density at radius 1 is 1.03 bits per heavy atom. The van der Waals surface area contributed by atoms with E-state index in [2.05, 4.69) is 16.6 Å². The molecular formula is C24H24N2O6. The Labute approximate surface area is 185 Å². The van der Waals surface area contributed by atoms with Crippen molar-refractivity contribution in [2.24, 2.45) is 0 Å². The van der Waals surface area contributed by atoms with Gasteiger partial charge in [-0.3, -0.25) is 4.79 Å². The first-order valence-corrected chi connectivity index (χ1v) is 10.0. The third kappa shape index (κ3) is 5.07. The Morgan fingerprint density at radius 3 is 2.16 bits per heavy atom. The van der Waals surface area contributed by atoms with Gasteiger partial charge in [-0.25, -0.2) is 9.59 Å². The van der Waals surface area contributed by atoms with Gasteiger partial charge >= 0.3 is 12.1 Å². The Morgan fingerprint density at radius 2 is 1.62 bits per heavy atom. The van der Waals surface area contributed by atoms with Crippen LogP contribution >= 0.6 is 0 Å². The summed E-state index contributed by atoms with van der Waals surface area (Å²) in [5, 5.41) is 13.9. The lowest BCUT2D eigenvalue weighted by Crippen LogP contribution is -2.52. The average Bonchev–Trinajstić information content (AvgIpc) is 3.10. The highest BCUT2D eigenvalue weighted by Crippen LogP contribution is 2.44. The fourth-order valence-corrected chi connectivity index (χ4v) is 3.72. The van der Waals surface area contributed by atoms with Crippen LogP contribution in [0.2, 0.25) is 0 Å². The lowest BCUT2D eigenvalue weighted by Gasteiger charge is -2.20. The number of amides is 2. The number of alkyl carbamates (subject to hydrolysis) is 1. The highest BCUT2D eigenvalue weighted by molar-refractivity contribution is 5.89. The molecule has 0 aromatic heterocycles. The van der Waals surface area contributed by atoms with Crippen LogP contribution in [-0.2, 0) is 19.1 Å². The molecule has 0 bridgehead atoms. The van der Waals surface area contributed by atoms with Crippen LogP contribution in [0.1, 0.15) is 23.5 Å². The van der Waals surface area contributed by atoms with Crippen LogP contribution in [0.3, 0.4) is 0 Å². The van der Waals surface area contributed by atoms with E-state index in [1.807, 2.05) is 48.5 Å². The number of carbonyl (C=O) groups is 3. The van der Waals surface area contributed by atoms with E-state index in [4.69, 9.17) is 21.0 Å². The standard InChI is InChI=1S/C24H24N2O6/c1-3-8-20(22(27)25-21(14-31-2)23(28)29)26-24(30)32-13-19-17-11-6-4-9-15(17)16-10-5-7-12-18(16)19/h1,4-7,9-12,19-21H,8,13-14H2,2H3,(H,25,27)(H,26,30)(H,28,29). The zero-order valence-electron chi connectivity index (χ0n) is 17.5. The van der Waals surface area contributed by atoms with Crippen molar-refractivity contribution in [3.8, 4) is 23.5 Å². The number of carboxylic acids is 1. The number of aliphatic carboxylic acids is 1. The third-order valence-electron chi connectivity index (χ3n) is 5.22. The van der Waals surface area contributed by atoms with Gasteiger partial charge in [0.15, 0.2) is 6.04 Å². The molecule has 2 amide bonds. The predicted molar refractivity (Wildman–Crippen MR) is 117 cm³/mol. The number of hydrogen-bond donors (Lipinski definition) is 3. The average molecular weight is 436 g/mol. The summed E-state index contributed by atoms with van der Waals surface area (Å²) in [4.78, 5) is 36.1. The number of rotatable bonds is 9. The molecule has 2 unspecified atom stereocenters. The molecule has 0 spiro atoms. The van der Waals surface area contributed by atoms with E-state index in [1.165, 1.54) is 7.11 Å². The molecule has 1 aliphatic rings. The fourth-order valence-electron chi connectivity index (χ4n) is 3.72. The number of terminal acetylenes is 1. The minimum absolute atomic E-state index is 0.0751. The van der Waals surface area contributed by atoms with Crippen molar-refractivity contribution < 1.29 is 29.0 Å². The molecule has 3 rings (SSSR count). The van der Waals surface area contributed by atoms with Crippen molar-refractivity contribution in [1.82, 2.24) is 10.6 Å². The topological polar surface area (TPSA) is 114 Å². The first-order valence-electron chi connectivity index (χ1n) is 10.0. The second kappa shape index (κ2) is 10.5. The smallest absolute Gasteiger partial charge is 0.407 e. The molecule has 8 heteroatoms. The first kappa shape index (κ1) is 22.8. The van der Waals surface area contributed by atoms with Crippen LogP contribution < -0.4 is 10.6 Å². The third-order valence-corrected chi connectivity index (χ3v) is 5.22. The van der Waals surface area contributed by atoms with Gasteiger partial charge in [-0.1, -0.05) is 48.5 Å². The number of hydrogen-bond acceptors (Lipinski definition) is 5. The molecule has 0 saturated carbocycles. The van der Waals surface area contributed by atoms with E-state index >= 15 is 0 Å². The fraction of sp³-hybridized carbons (Fsp3) is 0.292. The van der Waals surface area contributed by atoms with E-state index in [-0.39, 0.29) is 25.6 Å². The summed E-state index contributed by atoms with van der Waals surface area (Å²) in [6, 6.07) is 13.4. The number of nitrogens with one attached hydrogen (secondary N) is 2. The quantitative estimate of drug-likeness (QED) is 0.519. The van der Waals surface area contributed by atoms with Gasteiger partial charge in [0.2, 0.25) is 5.91 Å². The number of ether oxygens (including phenoxy) is 2. The van der Waals surface area contributed by atoms with E-state index in [0.717, 1.165) is 22.3 Å². The van der Waals surface area contributed by atoms with E-state index in [0.29, 0.717) is 0 Å². The van der Waals surface area contributed by atoms with Crippen LogP contribution in [0, 0.1) is 12.3 Å². The van der Waals surface area contributed by atoms with Crippen molar-refractivity contribution in [1.29, 1.82) is 0 Å². The summed E-state index contributed by atoms with van der Waals surface area (Å²) < 4.78 is 10.2. The first-order chi connectivity index (χ1) is 15.5. The van der Waals surface area contributed by atoms with Crippen molar-refractivity contribution >= 4 is 18.0 Å². The molecule has 2 aromatic carbocycles. The largest absolute Gasteiger partial charge is 0.480 e. The number of carbonyl (C=O) groups excluding carboxylic acids is 2. The van der Waals surface area contributed by atoms with Crippen LogP contribution in [0.15, 0.2) is 48.5 Å². The van der Waals surface area contributed by atoms with Gasteiger partial charge in [-0.2, -0.15) is 0 Å². The van der Waals surface area contributed by atoms with Crippen molar-refractivity contribution in [2.75, 3.05) is 20.3 Å². The van der Waals surface area contributed by atoms with Gasteiger partial charge in [0.25, 0.3) is 0 Å². The summed E-state index contributed by atoms with van der Waals surface area (Å²) in [6.45, 7) is -0.152. The molecule has 3 N–H and O–H groups in total. The molecule has 0 radical (unpaired) electrons. The summed E-state index contributed by atoms with van der Waals surface area (Å²) in [5.74, 6) is 0.170. The summed E-state index contributed by atoms with van der Waals surface area (Å²) >= 11 is 0. The number of benzene rings is 2. The second-order valence-electron chi connectivity index (χ2n) is 7.29. The maximum Gasteiger partial charge on any atom is 0.407 e. The van der Waals surface area contributed by atoms with Gasteiger partial charge < -0.3 is 25.2 Å². The van der Waals surface area contributed by atoms with Crippen molar-refractivity contribution in [2.45, 2.75) is 24.4 Å². The maximum absolute atomic E-state index is 12.5. The Balaban J connectivity index is 1.65. The molecule has 2 aromatic rings. The molecule has 0 saturated heterocycles. The van der Waals surface area contributed by atoms with Crippen LogP contribution in [-0.4, -0.2) is 55.5 Å². The van der Waals surface area contributed by atoms with Gasteiger partial charge in [0.1, 0.15) is 12.6 Å². The Hall–Kier alpha value is -3.83. The van der Waals surface area contributed by atoms with Gasteiger partial charge in [0.05, 0.1) is 6.61 Å². The molecule has 0 heterocycles. The maximum atomic E-state index is 12.5. The second-order valence-corrected chi connectivity index (χ2v) is 7.29. The predicted octanol–water partition coefficient (Wildman–Crippen LogP) is 2.13. The molecule has 1 aliphatic carbocycles. The van der Waals surface area contributed by atoms with Gasteiger partial charge in [0, 0.05) is 19.4 Å². The van der Waals surface area contributed by atoms with Crippen LogP contribution in [0.4, 0.5) is 4.79 Å². The zero-order chi connectivity index (χ0) is 23.1. The Bertz CT molecular complexity index is 999. The number of fused-ring (bicyclic) bond motifs is 3. The van der Waals surface area contributed by atoms with Crippen LogP contribution in [0.25, 0.3) is 11.1 Å². The lowest BCUT2D eigenvalue weighted by atomic mass is 9.98. The molecule has 166 valence electrons. The molecule has 0 aliphatic heterocycles. The summed E-state index contributed by atoms with van der Waals surface area (Å²) in [6.07, 6.45) is 4.36. The molecule has 2 atom stereocenters. The highest BCUT2D eigenvalue weighted by Gasteiger charge is 2.30. The minimum atomic E-state index is -1.27. The number of methoxy groups -OCH3 is 1. The molecule has 32 heavy (non-hydrogen) atoms. The molecule has 0 fully saturated rings. The SMILES string of the molecule is C#CCC(NC(=O)OCC1c2ccccc2-c2ccccc21)C(=O)NC(COC)C(=O)O. The zero-order valence-corrected chi connectivity index (χ0v) is 17.5. The molecule has 8 nitrogen and oxygen atoms in total.